The highest BCUT2D eigenvalue weighted by atomic mass is 32.1. The minimum absolute atomic E-state index is 0.422. The van der Waals surface area contributed by atoms with Crippen molar-refractivity contribution in [1.29, 1.82) is 0 Å². The Hall–Kier alpha value is -2.20. The summed E-state index contributed by atoms with van der Waals surface area (Å²) in [7, 11) is 0. The van der Waals surface area contributed by atoms with E-state index in [1.54, 1.807) is 0 Å². The van der Waals surface area contributed by atoms with Crippen LogP contribution in [0.1, 0.15) is 17.0 Å². The van der Waals surface area contributed by atoms with Crippen molar-refractivity contribution in [3.63, 3.8) is 0 Å². The predicted molar refractivity (Wildman–Crippen MR) is 86.4 cm³/mol. The van der Waals surface area contributed by atoms with E-state index in [0.717, 1.165) is 33.4 Å². The van der Waals surface area contributed by atoms with Crippen LogP contribution in [0.2, 0.25) is 0 Å². The molecule has 4 heteroatoms. The maximum absolute atomic E-state index is 5.81. The number of aryl methyl sites for hydroxylation is 1. The molecule has 0 unspecified atom stereocenters. The van der Waals surface area contributed by atoms with E-state index >= 15 is 0 Å². The molecule has 0 aliphatic heterocycles. The lowest BCUT2D eigenvalue weighted by molar-refractivity contribution is 1.01. The topological polar surface area (TPSA) is 43.8 Å². The van der Waals surface area contributed by atoms with Gasteiger partial charge in [-0.25, -0.2) is 4.98 Å². The zero-order valence-corrected chi connectivity index (χ0v) is 12.2. The van der Waals surface area contributed by atoms with Crippen molar-refractivity contribution in [3.8, 4) is 5.69 Å². The molecule has 0 radical (unpaired) electrons. The van der Waals surface area contributed by atoms with E-state index in [1.807, 2.05) is 43.6 Å². The van der Waals surface area contributed by atoms with Gasteiger partial charge >= 0.3 is 0 Å². The lowest BCUT2D eigenvalue weighted by Gasteiger charge is -2.12. The van der Waals surface area contributed by atoms with Crippen molar-refractivity contribution in [2.24, 2.45) is 5.73 Å². The van der Waals surface area contributed by atoms with E-state index < -0.39 is 0 Å². The van der Waals surface area contributed by atoms with Crippen molar-refractivity contribution >= 4 is 28.0 Å². The van der Waals surface area contributed by atoms with Gasteiger partial charge in [0.15, 0.2) is 0 Å². The molecule has 1 heterocycles. The smallest absolute Gasteiger partial charge is 0.104 e. The highest BCUT2D eigenvalue weighted by Crippen LogP contribution is 2.27. The molecule has 2 N–H and O–H groups in total. The van der Waals surface area contributed by atoms with Crippen LogP contribution >= 0.6 is 12.2 Å². The van der Waals surface area contributed by atoms with Gasteiger partial charge in [0.2, 0.25) is 0 Å². The summed E-state index contributed by atoms with van der Waals surface area (Å²) in [5.41, 5.74) is 9.99. The number of rotatable bonds is 2. The number of benzene rings is 2. The number of imidazole rings is 1. The normalized spacial score (nSPS) is 10.9. The molecule has 100 valence electrons. The second kappa shape index (κ2) is 4.72. The van der Waals surface area contributed by atoms with Gasteiger partial charge < -0.3 is 10.3 Å². The summed E-state index contributed by atoms with van der Waals surface area (Å²) in [4.78, 5) is 4.79. The maximum Gasteiger partial charge on any atom is 0.104 e. The molecule has 0 amide bonds. The lowest BCUT2D eigenvalue weighted by Crippen LogP contribution is -2.10. The molecule has 0 saturated heterocycles. The summed E-state index contributed by atoms with van der Waals surface area (Å²) in [6.07, 6.45) is 1.85. The van der Waals surface area contributed by atoms with Gasteiger partial charge in [0.25, 0.3) is 0 Å². The third kappa shape index (κ3) is 1.89. The van der Waals surface area contributed by atoms with Crippen LogP contribution in [0.15, 0.2) is 42.7 Å². The number of nitrogens with zero attached hydrogens (tertiary/aromatic N) is 2. The van der Waals surface area contributed by atoms with Gasteiger partial charge in [0, 0.05) is 16.6 Å². The average Bonchev–Trinajstić information content (AvgIpc) is 2.77. The third-order valence-corrected chi connectivity index (χ3v) is 3.90. The second-order valence-electron chi connectivity index (χ2n) is 4.83. The molecule has 0 aliphatic carbocycles. The molecule has 0 spiro atoms. The zero-order chi connectivity index (χ0) is 14.3. The van der Waals surface area contributed by atoms with Gasteiger partial charge in [-0.15, -0.1) is 0 Å². The zero-order valence-electron chi connectivity index (χ0n) is 11.4. The number of fused-ring (bicyclic) bond motifs is 1. The summed E-state index contributed by atoms with van der Waals surface area (Å²) in [6, 6.07) is 12.2. The van der Waals surface area contributed by atoms with Gasteiger partial charge in [0.05, 0.1) is 17.7 Å². The standard InChI is InChI=1S/C16H15N3S/c1-10-11(2)19(9-18-10)15-8-7-14(16(17)20)12-5-3-4-6-13(12)15/h3-9H,1-2H3,(H2,17,20). The number of thiocarbonyl (C=S) groups is 1. The molecule has 3 aromatic rings. The summed E-state index contributed by atoms with van der Waals surface area (Å²) in [5.74, 6) is 0. The van der Waals surface area contributed by atoms with E-state index in [9.17, 15) is 0 Å². The van der Waals surface area contributed by atoms with Crippen molar-refractivity contribution in [2.75, 3.05) is 0 Å². The Morgan fingerprint density at radius 2 is 1.80 bits per heavy atom. The minimum Gasteiger partial charge on any atom is -0.389 e. The Bertz CT molecular complexity index is 818. The first-order valence-corrected chi connectivity index (χ1v) is 6.83. The van der Waals surface area contributed by atoms with Gasteiger partial charge in [-0.1, -0.05) is 36.5 Å². The SMILES string of the molecule is Cc1ncn(-c2ccc(C(N)=S)c3ccccc23)c1C. The molecule has 0 bridgehead atoms. The monoisotopic (exact) mass is 281 g/mol. The summed E-state index contributed by atoms with van der Waals surface area (Å²) in [6.45, 7) is 4.08. The van der Waals surface area contributed by atoms with E-state index in [-0.39, 0.29) is 0 Å². The first-order chi connectivity index (χ1) is 9.59. The van der Waals surface area contributed by atoms with Gasteiger partial charge in [0.1, 0.15) is 4.99 Å². The quantitative estimate of drug-likeness (QED) is 0.733. The number of hydrogen-bond donors (Lipinski definition) is 1. The Kier molecular flexibility index (Phi) is 3.03. The highest BCUT2D eigenvalue weighted by Gasteiger charge is 2.11. The number of hydrogen-bond acceptors (Lipinski definition) is 2. The Morgan fingerprint density at radius 1 is 1.10 bits per heavy atom. The van der Waals surface area contributed by atoms with Crippen LogP contribution < -0.4 is 5.73 Å². The predicted octanol–water partition coefficient (Wildman–Crippen LogP) is 3.28. The van der Waals surface area contributed by atoms with Crippen molar-refractivity contribution in [1.82, 2.24) is 9.55 Å². The molecule has 0 fully saturated rings. The van der Waals surface area contributed by atoms with Crippen LogP contribution in [0.3, 0.4) is 0 Å². The van der Waals surface area contributed by atoms with Crippen molar-refractivity contribution in [2.45, 2.75) is 13.8 Å². The van der Waals surface area contributed by atoms with Crippen molar-refractivity contribution in [3.05, 3.63) is 59.7 Å². The van der Waals surface area contributed by atoms with Gasteiger partial charge in [-0.05, 0) is 31.4 Å². The molecular formula is C16H15N3S. The maximum atomic E-state index is 5.81. The molecule has 3 nitrogen and oxygen atoms in total. The van der Waals surface area contributed by atoms with Crippen LogP contribution in [-0.4, -0.2) is 14.5 Å². The van der Waals surface area contributed by atoms with Crippen LogP contribution in [-0.2, 0) is 0 Å². The average molecular weight is 281 g/mol. The molecule has 0 atom stereocenters. The second-order valence-corrected chi connectivity index (χ2v) is 5.27. The first kappa shape index (κ1) is 12.8. The fourth-order valence-electron chi connectivity index (χ4n) is 2.45. The molecular weight excluding hydrogens is 266 g/mol. The van der Waals surface area contributed by atoms with Crippen LogP contribution in [0.5, 0.6) is 0 Å². The van der Waals surface area contributed by atoms with Crippen LogP contribution in [0, 0.1) is 13.8 Å². The summed E-state index contributed by atoms with van der Waals surface area (Å²) in [5, 5.41) is 2.20. The third-order valence-electron chi connectivity index (χ3n) is 3.68. The van der Waals surface area contributed by atoms with Crippen LogP contribution in [0.4, 0.5) is 0 Å². The van der Waals surface area contributed by atoms with Gasteiger partial charge in [-0.2, -0.15) is 0 Å². The molecule has 0 saturated carbocycles. The molecule has 2 aromatic carbocycles. The highest BCUT2D eigenvalue weighted by molar-refractivity contribution is 7.80. The fourth-order valence-corrected chi connectivity index (χ4v) is 2.63. The summed E-state index contributed by atoms with van der Waals surface area (Å²) < 4.78 is 2.10. The molecule has 3 rings (SSSR count). The number of aromatic nitrogens is 2. The van der Waals surface area contributed by atoms with Crippen LogP contribution in [0.25, 0.3) is 16.5 Å². The minimum atomic E-state index is 0.422. The Balaban J connectivity index is 2.36. The largest absolute Gasteiger partial charge is 0.389 e. The Morgan fingerprint density at radius 3 is 2.40 bits per heavy atom. The molecule has 1 aromatic heterocycles. The number of nitrogens with two attached hydrogens (primary N) is 1. The molecule has 0 aliphatic rings. The lowest BCUT2D eigenvalue weighted by atomic mass is 10.0. The van der Waals surface area contributed by atoms with E-state index in [2.05, 4.69) is 22.5 Å². The van der Waals surface area contributed by atoms with E-state index in [4.69, 9.17) is 18.0 Å². The fraction of sp³-hybridized carbons (Fsp3) is 0.125. The summed E-state index contributed by atoms with van der Waals surface area (Å²) >= 11 is 5.14. The van der Waals surface area contributed by atoms with Crippen molar-refractivity contribution < 1.29 is 0 Å². The molecule has 20 heavy (non-hydrogen) atoms. The van der Waals surface area contributed by atoms with E-state index in [0.29, 0.717) is 4.99 Å². The van der Waals surface area contributed by atoms with E-state index in [1.165, 1.54) is 0 Å². The Labute approximate surface area is 123 Å². The first-order valence-electron chi connectivity index (χ1n) is 6.42. The van der Waals surface area contributed by atoms with Gasteiger partial charge in [-0.3, -0.25) is 0 Å².